The van der Waals surface area contributed by atoms with E-state index in [2.05, 4.69) is 4.99 Å². The van der Waals surface area contributed by atoms with Crippen LogP contribution < -0.4 is 14.9 Å². The van der Waals surface area contributed by atoms with Gasteiger partial charge in [-0.25, -0.2) is 14.6 Å². The highest BCUT2D eigenvalue weighted by molar-refractivity contribution is 7.10. The molecule has 4 heterocycles. The second-order valence-corrected chi connectivity index (χ2v) is 10.3. The maximum absolute atomic E-state index is 13.6. The molecule has 0 spiro atoms. The molecule has 1 aliphatic rings. The molecular formula is C28H24N2O6S2. The summed E-state index contributed by atoms with van der Waals surface area (Å²) < 4.78 is 18.3. The van der Waals surface area contributed by atoms with Crippen LogP contribution in [0.5, 0.6) is 0 Å². The zero-order valence-electron chi connectivity index (χ0n) is 20.9. The molecule has 194 valence electrons. The number of fused-ring (bicyclic) bond motifs is 1. The molecule has 0 amide bonds. The van der Waals surface area contributed by atoms with Crippen LogP contribution in [0, 0.1) is 0 Å². The summed E-state index contributed by atoms with van der Waals surface area (Å²) in [6.07, 6.45) is 1.68. The number of furan rings is 1. The number of ether oxygens (including phenoxy) is 2. The number of thiophene rings is 1. The lowest BCUT2D eigenvalue weighted by Gasteiger charge is -2.23. The second-order valence-electron chi connectivity index (χ2n) is 8.32. The largest absolute Gasteiger partial charge is 0.463 e. The Morgan fingerprint density at radius 1 is 1.05 bits per heavy atom. The molecule has 0 bridgehead atoms. The zero-order valence-corrected chi connectivity index (χ0v) is 22.6. The lowest BCUT2D eigenvalue weighted by molar-refractivity contribution is -0.139. The van der Waals surface area contributed by atoms with E-state index in [1.165, 1.54) is 22.7 Å². The fraction of sp³-hybridized carbons (Fsp3) is 0.214. The van der Waals surface area contributed by atoms with Crippen molar-refractivity contribution in [2.24, 2.45) is 4.99 Å². The fourth-order valence-corrected chi connectivity index (χ4v) is 6.06. The number of aromatic nitrogens is 1. The molecule has 1 aromatic carbocycles. The van der Waals surface area contributed by atoms with Gasteiger partial charge in [-0.2, -0.15) is 0 Å². The van der Waals surface area contributed by atoms with Crippen LogP contribution in [0.4, 0.5) is 0 Å². The lowest BCUT2D eigenvalue weighted by Crippen LogP contribution is -2.39. The third kappa shape index (κ3) is 4.80. The van der Waals surface area contributed by atoms with Gasteiger partial charge >= 0.3 is 11.9 Å². The van der Waals surface area contributed by atoms with Crippen LogP contribution >= 0.6 is 22.7 Å². The first-order chi connectivity index (χ1) is 18.4. The zero-order chi connectivity index (χ0) is 26.8. The Kier molecular flexibility index (Phi) is 7.26. The summed E-state index contributed by atoms with van der Waals surface area (Å²) in [5, 5.41) is 1.91. The monoisotopic (exact) mass is 548 g/mol. The van der Waals surface area contributed by atoms with E-state index in [4.69, 9.17) is 13.9 Å². The third-order valence-electron chi connectivity index (χ3n) is 5.91. The molecular weight excluding hydrogens is 524 g/mol. The number of esters is 2. The Morgan fingerprint density at radius 2 is 1.79 bits per heavy atom. The van der Waals surface area contributed by atoms with E-state index >= 15 is 0 Å². The highest BCUT2D eigenvalue weighted by Crippen LogP contribution is 2.33. The van der Waals surface area contributed by atoms with Crippen LogP contribution in [0.15, 0.2) is 79.4 Å². The standard InChI is InChI=1S/C28H24N2O6S2/c1-4-34-26(32)18-10-8-17(9-11-18)20-13-12-19(36-20)15-22-25(31)30-24(21-7-6-14-37-21)23(27(33)35-5-2)16(3)29-28(30)38-22/h6-15,24H,4-5H2,1-3H3/b22-15+. The Labute approximate surface area is 225 Å². The topological polar surface area (TPSA) is 100 Å². The van der Waals surface area contributed by atoms with Gasteiger partial charge in [0.2, 0.25) is 0 Å². The molecule has 8 nitrogen and oxygen atoms in total. The highest BCUT2D eigenvalue weighted by atomic mass is 32.1. The predicted molar refractivity (Wildman–Crippen MR) is 145 cm³/mol. The minimum absolute atomic E-state index is 0.226. The van der Waals surface area contributed by atoms with Gasteiger partial charge in [0.25, 0.3) is 5.56 Å². The first-order valence-corrected chi connectivity index (χ1v) is 13.7. The number of benzene rings is 1. The van der Waals surface area contributed by atoms with Crippen LogP contribution in [-0.4, -0.2) is 29.7 Å². The van der Waals surface area contributed by atoms with E-state index in [1.807, 2.05) is 17.5 Å². The molecule has 5 rings (SSSR count). The van der Waals surface area contributed by atoms with E-state index in [0.717, 1.165) is 10.4 Å². The van der Waals surface area contributed by atoms with Gasteiger partial charge in [-0.1, -0.05) is 29.5 Å². The van der Waals surface area contributed by atoms with Gasteiger partial charge < -0.3 is 13.9 Å². The normalized spacial score (nSPS) is 15.2. The molecule has 0 radical (unpaired) electrons. The molecule has 1 aliphatic heterocycles. The van der Waals surface area contributed by atoms with E-state index in [0.29, 0.717) is 44.3 Å². The van der Waals surface area contributed by atoms with Gasteiger partial charge in [-0.15, -0.1) is 11.3 Å². The van der Waals surface area contributed by atoms with Crippen molar-refractivity contribution in [2.45, 2.75) is 26.8 Å². The number of thiazole rings is 1. The number of hydrogen-bond donors (Lipinski definition) is 0. The van der Waals surface area contributed by atoms with Crippen molar-refractivity contribution in [3.05, 3.63) is 101 Å². The second kappa shape index (κ2) is 10.8. The predicted octanol–water partition coefficient (Wildman–Crippen LogP) is 4.30. The summed E-state index contributed by atoms with van der Waals surface area (Å²) in [5.41, 5.74) is 1.87. The fourth-order valence-electron chi connectivity index (χ4n) is 4.21. The molecule has 4 aromatic rings. The van der Waals surface area contributed by atoms with Gasteiger partial charge in [0.15, 0.2) is 4.80 Å². The van der Waals surface area contributed by atoms with Gasteiger partial charge in [-0.3, -0.25) is 9.36 Å². The number of carbonyl (C=O) groups excluding carboxylic acids is 2. The SMILES string of the molecule is CCOC(=O)C1=C(C)N=c2s/c(=C/c3ccc(-c4ccc(C(=O)OCC)cc4)o3)c(=O)n2C1c1cccs1. The molecule has 3 aromatic heterocycles. The Bertz CT molecular complexity index is 1710. The molecule has 0 N–H and O–H groups in total. The lowest BCUT2D eigenvalue weighted by atomic mass is 10.0. The van der Waals surface area contributed by atoms with E-state index in [9.17, 15) is 14.4 Å². The number of nitrogens with zero attached hydrogens (tertiary/aromatic N) is 2. The summed E-state index contributed by atoms with van der Waals surface area (Å²) >= 11 is 2.70. The summed E-state index contributed by atoms with van der Waals surface area (Å²) in [6.45, 7) is 5.80. The Balaban J connectivity index is 1.52. The van der Waals surface area contributed by atoms with Gasteiger partial charge in [0.05, 0.1) is 34.6 Å². The number of allylic oxidation sites excluding steroid dienone is 1. The number of hydrogen-bond acceptors (Lipinski definition) is 9. The van der Waals surface area contributed by atoms with E-state index in [1.54, 1.807) is 67.8 Å². The molecule has 10 heteroatoms. The Hall–Kier alpha value is -4.02. The molecule has 1 unspecified atom stereocenters. The quantitative estimate of drug-likeness (QED) is 0.320. The maximum atomic E-state index is 13.6. The van der Waals surface area contributed by atoms with E-state index in [-0.39, 0.29) is 18.1 Å². The van der Waals surface area contributed by atoms with Gasteiger partial charge in [-0.05, 0) is 56.5 Å². The molecule has 1 atom stereocenters. The van der Waals surface area contributed by atoms with Crippen molar-refractivity contribution in [3.8, 4) is 11.3 Å². The van der Waals surface area contributed by atoms with Crippen molar-refractivity contribution in [2.75, 3.05) is 13.2 Å². The van der Waals surface area contributed by atoms with Crippen molar-refractivity contribution in [3.63, 3.8) is 0 Å². The molecule has 0 aliphatic carbocycles. The van der Waals surface area contributed by atoms with Crippen molar-refractivity contribution < 1.29 is 23.5 Å². The van der Waals surface area contributed by atoms with Crippen LogP contribution in [0.1, 0.15) is 47.8 Å². The average Bonchev–Trinajstić information content (AvgIpc) is 3.66. The minimum Gasteiger partial charge on any atom is -0.463 e. The summed E-state index contributed by atoms with van der Waals surface area (Å²) in [5.74, 6) is 0.230. The maximum Gasteiger partial charge on any atom is 0.338 e. The van der Waals surface area contributed by atoms with Gasteiger partial charge in [0, 0.05) is 16.5 Å². The third-order valence-corrected chi connectivity index (χ3v) is 7.82. The van der Waals surface area contributed by atoms with Crippen molar-refractivity contribution in [1.82, 2.24) is 4.57 Å². The molecule has 0 saturated heterocycles. The highest BCUT2D eigenvalue weighted by Gasteiger charge is 2.33. The molecule has 0 saturated carbocycles. The van der Waals surface area contributed by atoms with Crippen LogP contribution in [0.3, 0.4) is 0 Å². The number of rotatable bonds is 7. The van der Waals surface area contributed by atoms with Crippen LogP contribution in [0.2, 0.25) is 0 Å². The first-order valence-electron chi connectivity index (χ1n) is 12.0. The van der Waals surface area contributed by atoms with Gasteiger partial charge in [0.1, 0.15) is 17.6 Å². The van der Waals surface area contributed by atoms with E-state index < -0.39 is 12.0 Å². The smallest absolute Gasteiger partial charge is 0.338 e. The Morgan fingerprint density at radius 3 is 2.47 bits per heavy atom. The molecule has 38 heavy (non-hydrogen) atoms. The summed E-state index contributed by atoms with van der Waals surface area (Å²) in [7, 11) is 0. The summed E-state index contributed by atoms with van der Waals surface area (Å²) in [6, 6.07) is 13.7. The summed E-state index contributed by atoms with van der Waals surface area (Å²) in [4.78, 5) is 44.3. The minimum atomic E-state index is -0.613. The van der Waals surface area contributed by atoms with Crippen LogP contribution in [0.25, 0.3) is 17.4 Å². The van der Waals surface area contributed by atoms with Crippen molar-refractivity contribution >= 4 is 40.7 Å². The average molecular weight is 549 g/mol. The first kappa shape index (κ1) is 25.6. The molecule has 0 fully saturated rings. The number of carbonyl (C=O) groups is 2. The van der Waals surface area contributed by atoms with Crippen LogP contribution in [-0.2, 0) is 14.3 Å². The van der Waals surface area contributed by atoms with Crippen molar-refractivity contribution in [1.29, 1.82) is 0 Å².